The second-order valence-corrected chi connectivity index (χ2v) is 10.5. The Morgan fingerprint density at radius 1 is 1.00 bits per heavy atom. The topological polar surface area (TPSA) is 189 Å². The van der Waals surface area contributed by atoms with Crippen LogP contribution in [0.1, 0.15) is 22.3 Å². The van der Waals surface area contributed by atoms with Crippen LogP contribution in [0.5, 0.6) is 17.2 Å². The molecule has 0 aliphatic heterocycles. The minimum atomic E-state index is -1.28. The Morgan fingerprint density at radius 2 is 1.66 bits per heavy atom. The van der Waals surface area contributed by atoms with Gasteiger partial charge in [0.2, 0.25) is 0 Å². The zero-order valence-corrected chi connectivity index (χ0v) is 22.5. The predicted octanol–water partition coefficient (Wildman–Crippen LogP) is 2.63. The van der Waals surface area contributed by atoms with Gasteiger partial charge in [-0.15, -0.1) is 0 Å². The number of likely N-dealkylation sites (N-methyl/N-ethyl adjacent to an activating group) is 1. The van der Waals surface area contributed by atoms with Crippen LogP contribution in [0.2, 0.25) is 0 Å². The van der Waals surface area contributed by atoms with Crippen LogP contribution in [0, 0.1) is 17.8 Å². The molecule has 5 rings (SSSR count). The quantitative estimate of drug-likeness (QED) is 0.267. The normalized spacial score (nSPS) is 23.5. The maximum atomic E-state index is 13.7. The van der Waals surface area contributed by atoms with Crippen LogP contribution in [0.15, 0.2) is 59.1 Å². The lowest BCUT2D eigenvalue weighted by atomic mass is 9.61. The molecule has 2 aromatic rings. The molecule has 3 aliphatic carbocycles. The van der Waals surface area contributed by atoms with Crippen molar-refractivity contribution < 1.29 is 44.0 Å². The average molecular weight is 564 g/mol. The van der Waals surface area contributed by atoms with E-state index in [1.54, 1.807) is 43.3 Å². The van der Waals surface area contributed by atoms with Crippen LogP contribution in [-0.4, -0.2) is 71.0 Å². The SMILES string of the molecule is COc1ccc(OC(=O)Nc2ccc(O)c3c2CC2CC4C(C(=O)C(C(N)=O)=C(O)[C@H]4N(C)C)C(O)=C2C3=O)cc1. The number of carbonyl (C=O) groups is 4. The molecule has 0 heterocycles. The van der Waals surface area contributed by atoms with Crippen molar-refractivity contribution in [2.45, 2.75) is 18.9 Å². The fraction of sp³-hybridized carbons (Fsp3) is 0.310. The van der Waals surface area contributed by atoms with E-state index in [4.69, 9.17) is 15.2 Å². The third kappa shape index (κ3) is 4.55. The van der Waals surface area contributed by atoms with Crippen LogP contribution in [0.3, 0.4) is 0 Å². The van der Waals surface area contributed by atoms with E-state index in [-0.39, 0.29) is 41.2 Å². The molecule has 0 saturated heterocycles. The molecule has 6 N–H and O–H groups in total. The van der Waals surface area contributed by atoms with E-state index >= 15 is 0 Å². The number of hydrogen-bond acceptors (Lipinski definition) is 10. The number of phenolic OH excluding ortho intramolecular Hbond substituents is 1. The van der Waals surface area contributed by atoms with Crippen molar-refractivity contribution in [3.8, 4) is 17.2 Å². The lowest BCUT2D eigenvalue weighted by Crippen LogP contribution is -2.53. The molecule has 214 valence electrons. The highest BCUT2D eigenvalue weighted by molar-refractivity contribution is 6.22. The molecule has 0 bridgehead atoms. The van der Waals surface area contributed by atoms with Crippen molar-refractivity contribution >= 4 is 29.3 Å². The molecule has 0 saturated carbocycles. The summed E-state index contributed by atoms with van der Waals surface area (Å²) in [5.41, 5.74) is 5.18. The number of nitrogens with one attached hydrogen (secondary N) is 1. The van der Waals surface area contributed by atoms with E-state index in [0.717, 1.165) is 0 Å². The van der Waals surface area contributed by atoms with E-state index in [9.17, 15) is 34.5 Å². The highest BCUT2D eigenvalue weighted by Crippen LogP contribution is 2.51. The summed E-state index contributed by atoms with van der Waals surface area (Å²) in [5, 5.41) is 35.5. The monoisotopic (exact) mass is 563 g/mol. The number of benzene rings is 2. The van der Waals surface area contributed by atoms with Gasteiger partial charge < -0.3 is 30.5 Å². The first-order chi connectivity index (χ1) is 19.4. The summed E-state index contributed by atoms with van der Waals surface area (Å²) in [7, 11) is 4.81. The summed E-state index contributed by atoms with van der Waals surface area (Å²) in [4.78, 5) is 53.4. The molecule has 41 heavy (non-hydrogen) atoms. The van der Waals surface area contributed by atoms with Crippen molar-refractivity contribution in [1.82, 2.24) is 4.90 Å². The van der Waals surface area contributed by atoms with Gasteiger partial charge in [-0.05, 0) is 80.7 Å². The van der Waals surface area contributed by atoms with Crippen LogP contribution >= 0.6 is 0 Å². The number of phenols is 1. The van der Waals surface area contributed by atoms with Gasteiger partial charge >= 0.3 is 6.09 Å². The fourth-order valence-corrected chi connectivity index (χ4v) is 6.27. The molecule has 0 fully saturated rings. The standard InChI is InChI=1S/C29H29N3O9/c1-32(2)23-16-11-12-10-15-17(31-29(39)41-14-6-4-13(40-3)5-7-14)8-9-18(33)20(15)24(34)19(12)25(35)21(16)26(36)22(27(23)37)28(30)38/h4-9,12,16,21,23,33,35,37H,10-11H2,1-3H3,(H2,30,38)(H,31,39)/t12?,16?,21?,23-/m0/s1. The molecule has 12 heteroatoms. The highest BCUT2D eigenvalue weighted by atomic mass is 16.6. The molecular formula is C29H29N3O9. The third-order valence-corrected chi connectivity index (χ3v) is 7.96. The number of primary amides is 1. The fourth-order valence-electron chi connectivity index (χ4n) is 6.27. The van der Waals surface area contributed by atoms with Crippen molar-refractivity contribution in [3.63, 3.8) is 0 Å². The van der Waals surface area contributed by atoms with E-state index in [1.807, 2.05) is 0 Å². The number of aliphatic hydroxyl groups is 2. The average Bonchev–Trinajstić information content (AvgIpc) is 2.90. The maximum absolute atomic E-state index is 13.7. The smallest absolute Gasteiger partial charge is 0.417 e. The number of anilines is 1. The van der Waals surface area contributed by atoms with Gasteiger partial charge in [0.15, 0.2) is 11.6 Å². The maximum Gasteiger partial charge on any atom is 0.417 e. The summed E-state index contributed by atoms with van der Waals surface area (Å²) in [6.45, 7) is 0. The molecule has 0 spiro atoms. The van der Waals surface area contributed by atoms with Gasteiger partial charge in [-0.25, -0.2) is 4.79 Å². The highest BCUT2D eigenvalue weighted by Gasteiger charge is 2.54. The minimum absolute atomic E-state index is 0.0527. The number of amides is 2. The number of aromatic hydroxyl groups is 1. The Labute approximate surface area is 234 Å². The Kier molecular flexibility index (Phi) is 6.95. The number of ether oxygens (including phenoxy) is 2. The Balaban J connectivity index is 1.51. The number of Topliss-reactive ketones (excluding diaryl/α,β-unsaturated/α-hetero) is 2. The molecule has 3 unspecified atom stereocenters. The lowest BCUT2D eigenvalue weighted by Gasteiger charge is -2.46. The first-order valence-electron chi connectivity index (χ1n) is 12.8. The second kappa shape index (κ2) is 10.3. The Morgan fingerprint density at radius 3 is 2.27 bits per heavy atom. The molecule has 12 nitrogen and oxygen atoms in total. The van der Waals surface area contributed by atoms with Crippen molar-refractivity contribution in [2.75, 3.05) is 26.5 Å². The van der Waals surface area contributed by atoms with Crippen LogP contribution in [0.4, 0.5) is 10.5 Å². The van der Waals surface area contributed by atoms with Gasteiger partial charge in [0, 0.05) is 11.3 Å². The molecular weight excluding hydrogens is 534 g/mol. The Bertz CT molecular complexity index is 1540. The molecule has 2 aromatic carbocycles. The van der Waals surface area contributed by atoms with Gasteiger partial charge in [-0.2, -0.15) is 0 Å². The number of carbonyl (C=O) groups excluding carboxylic acids is 4. The number of hydrogen-bond donors (Lipinski definition) is 5. The van der Waals surface area contributed by atoms with Crippen molar-refractivity contribution in [1.29, 1.82) is 0 Å². The van der Waals surface area contributed by atoms with Gasteiger partial charge in [0.05, 0.1) is 24.6 Å². The first-order valence-corrected chi connectivity index (χ1v) is 12.8. The number of allylic oxidation sites excluding steroid dienone is 2. The lowest BCUT2D eigenvalue weighted by molar-refractivity contribution is -0.127. The number of rotatable bonds is 5. The number of ketones is 2. The van der Waals surface area contributed by atoms with E-state index in [2.05, 4.69) is 5.32 Å². The Hall–Kier alpha value is -4.84. The number of fused-ring (bicyclic) bond motifs is 3. The van der Waals surface area contributed by atoms with Gasteiger partial charge in [-0.1, -0.05) is 0 Å². The van der Waals surface area contributed by atoms with Crippen molar-refractivity contribution in [2.24, 2.45) is 23.5 Å². The summed E-state index contributed by atoms with van der Waals surface area (Å²) >= 11 is 0. The summed E-state index contributed by atoms with van der Waals surface area (Å²) in [6.07, 6.45) is -0.522. The third-order valence-electron chi connectivity index (χ3n) is 7.96. The largest absolute Gasteiger partial charge is 0.511 e. The minimum Gasteiger partial charge on any atom is -0.511 e. The summed E-state index contributed by atoms with van der Waals surface area (Å²) < 4.78 is 10.4. The second-order valence-electron chi connectivity index (χ2n) is 10.5. The van der Waals surface area contributed by atoms with Gasteiger partial charge in [0.1, 0.15) is 34.3 Å². The number of nitrogens with two attached hydrogens (primary N) is 1. The molecule has 0 radical (unpaired) electrons. The first kappa shape index (κ1) is 27.7. The summed E-state index contributed by atoms with van der Waals surface area (Å²) in [5.74, 6) is -5.80. The zero-order chi connectivity index (χ0) is 29.7. The van der Waals surface area contributed by atoms with Crippen LogP contribution in [0.25, 0.3) is 0 Å². The molecule has 4 atom stereocenters. The molecule has 0 aromatic heterocycles. The molecule has 2 amide bonds. The number of aliphatic hydroxyl groups excluding tert-OH is 2. The van der Waals surface area contributed by atoms with Gasteiger partial charge in [-0.3, -0.25) is 24.6 Å². The van der Waals surface area contributed by atoms with E-state index < -0.39 is 64.5 Å². The van der Waals surface area contributed by atoms with E-state index in [1.165, 1.54) is 19.2 Å². The van der Waals surface area contributed by atoms with Crippen molar-refractivity contribution in [3.05, 3.63) is 70.2 Å². The predicted molar refractivity (Wildman–Crippen MR) is 145 cm³/mol. The molecule has 3 aliphatic rings. The van der Waals surface area contributed by atoms with Crippen LogP contribution < -0.4 is 20.5 Å². The summed E-state index contributed by atoms with van der Waals surface area (Å²) in [6, 6.07) is 8.19. The van der Waals surface area contributed by atoms with Gasteiger partial charge in [0.25, 0.3) is 5.91 Å². The zero-order valence-electron chi connectivity index (χ0n) is 22.5. The van der Waals surface area contributed by atoms with E-state index in [0.29, 0.717) is 11.3 Å². The number of methoxy groups -OCH3 is 1. The van der Waals surface area contributed by atoms with Crippen LogP contribution in [-0.2, 0) is 16.0 Å². The number of nitrogens with zero attached hydrogens (tertiary/aromatic N) is 1.